The Morgan fingerprint density at radius 1 is 1.21 bits per heavy atom. The number of aromatic nitrogens is 1. The van der Waals surface area contributed by atoms with Gasteiger partial charge in [-0.05, 0) is 86.1 Å². The first-order valence-corrected chi connectivity index (χ1v) is 9.99. The van der Waals surface area contributed by atoms with Crippen molar-refractivity contribution >= 4 is 16.9 Å². The Morgan fingerprint density at radius 2 is 1.90 bits per heavy atom. The van der Waals surface area contributed by atoms with E-state index in [9.17, 15) is 19.4 Å². The van der Waals surface area contributed by atoms with Crippen molar-refractivity contribution < 1.29 is 19.4 Å². The number of carbonyl (C=O) groups is 1. The standard InChI is InChI=1S/C24H26FNO3/c1-13(2)22-21(15-11-24(4,12-15)23(28)29)18-10-17(27)6-8-20(18)26(22)16-5-7-19(25)14(3)9-16/h5-10,13,15,27H,11-12H2,1-4H3,(H,28,29). The van der Waals surface area contributed by atoms with Crippen molar-refractivity contribution in [3.63, 3.8) is 0 Å². The third kappa shape index (κ3) is 3.00. The number of carboxylic acid groups (broad SMARTS) is 1. The lowest BCUT2D eigenvalue weighted by Crippen LogP contribution is -2.40. The number of aryl methyl sites for hydroxylation is 1. The number of benzene rings is 2. The predicted octanol–water partition coefficient (Wildman–Crippen LogP) is 5.88. The molecule has 1 fully saturated rings. The van der Waals surface area contributed by atoms with Crippen molar-refractivity contribution in [1.29, 1.82) is 0 Å². The largest absolute Gasteiger partial charge is 0.508 e. The van der Waals surface area contributed by atoms with Crippen LogP contribution >= 0.6 is 0 Å². The van der Waals surface area contributed by atoms with E-state index in [1.54, 1.807) is 32.0 Å². The summed E-state index contributed by atoms with van der Waals surface area (Å²) in [6, 6.07) is 10.4. The molecule has 0 aliphatic heterocycles. The molecule has 4 nitrogen and oxygen atoms in total. The van der Waals surface area contributed by atoms with Gasteiger partial charge in [-0.15, -0.1) is 0 Å². The summed E-state index contributed by atoms with van der Waals surface area (Å²) in [6.07, 6.45) is 1.14. The highest BCUT2D eigenvalue weighted by Crippen LogP contribution is 2.55. The van der Waals surface area contributed by atoms with Crippen molar-refractivity contribution in [2.45, 2.75) is 52.4 Å². The predicted molar refractivity (Wildman–Crippen MR) is 111 cm³/mol. The highest BCUT2D eigenvalue weighted by Gasteiger charge is 2.48. The molecule has 0 saturated heterocycles. The summed E-state index contributed by atoms with van der Waals surface area (Å²) in [7, 11) is 0. The zero-order valence-electron chi connectivity index (χ0n) is 17.2. The van der Waals surface area contributed by atoms with E-state index in [0.717, 1.165) is 27.8 Å². The average molecular weight is 395 g/mol. The van der Waals surface area contributed by atoms with Crippen LogP contribution in [-0.4, -0.2) is 20.7 Å². The number of aliphatic carboxylic acids is 1. The number of aromatic hydroxyl groups is 1. The van der Waals surface area contributed by atoms with Gasteiger partial charge in [-0.1, -0.05) is 13.8 Å². The second-order valence-corrected chi connectivity index (χ2v) is 8.89. The number of hydrogen-bond acceptors (Lipinski definition) is 2. The highest BCUT2D eigenvalue weighted by molar-refractivity contribution is 5.90. The fraction of sp³-hybridized carbons (Fsp3) is 0.375. The SMILES string of the molecule is Cc1cc(-n2c(C(C)C)c(C3CC(C)(C(=O)O)C3)c3cc(O)ccc32)ccc1F. The maximum Gasteiger partial charge on any atom is 0.309 e. The van der Waals surface area contributed by atoms with Crippen LogP contribution in [0.5, 0.6) is 5.75 Å². The Hall–Kier alpha value is -2.82. The smallest absolute Gasteiger partial charge is 0.309 e. The number of phenolic OH excluding ortho intramolecular Hbond substituents is 1. The Morgan fingerprint density at radius 3 is 2.48 bits per heavy atom. The Balaban J connectivity index is 1.98. The van der Waals surface area contributed by atoms with Crippen molar-refractivity contribution in [2.24, 2.45) is 5.41 Å². The summed E-state index contributed by atoms with van der Waals surface area (Å²) in [5.74, 6) is -0.546. The first-order valence-electron chi connectivity index (χ1n) is 9.99. The third-order valence-corrected chi connectivity index (χ3v) is 6.29. The maximum atomic E-state index is 13.9. The molecule has 1 saturated carbocycles. The van der Waals surface area contributed by atoms with E-state index in [4.69, 9.17) is 0 Å². The van der Waals surface area contributed by atoms with Gasteiger partial charge in [-0.25, -0.2) is 4.39 Å². The summed E-state index contributed by atoms with van der Waals surface area (Å²) in [5.41, 5.74) is 3.87. The zero-order chi connectivity index (χ0) is 21.1. The minimum atomic E-state index is -0.763. The topological polar surface area (TPSA) is 62.5 Å². The fourth-order valence-electron chi connectivity index (χ4n) is 4.77. The normalized spacial score (nSPS) is 21.5. The second kappa shape index (κ2) is 6.61. The van der Waals surface area contributed by atoms with E-state index >= 15 is 0 Å². The van der Waals surface area contributed by atoms with Crippen LogP contribution in [0.1, 0.15) is 62.3 Å². The zero-order valence-corrected chi connectivity index (χ0v) is 17.2. The minimum absolute atomic E-state index is 0.112. The summed E-state index contributed by atoms with van der Waals surface area (Å²) < 4.78 is 16.0. The van der Waals surface area contributed by atoms with Crippen LogP contribution in [0, 0.1) is 18.2 Å². The molecule has 3 aromatic rings. The lowest BCUT2D eigenvalue weighted by Gasteiger charge is -2.42. The number of carboxylic acids is 1. The molecule has 0 bridgehead atoms. The number of halogens is 1. The Labute approximate surface area is 169 Å². The minimum Gasteiger partial charge on any atom is -0.508 e. The summed E-state index contributed by atoms with van der Waals surface area (Å²) in [4.78, 5) is 11.6. The molecule has 0 atom stereocenters. The van der Waals surface area contributed by atoms with E-state index in [0.29, 0.717) is 18.4 Å². The van der Waals surface area contributed by atoms with Gasteiger partial charge in [0.25, 0.3) is 0 Å². The van der Waals surface area contributed by atoms with Gasteiger partial charge in [0.2, 0.25) is 0 Å². The summed E-state index contributed by atoms with van der Waals surface area (Å²) in [6.45, 7) is 7.76. The van der Waals surface area contributed by atoms with E-state index in [2.05, 4.69) is 18.4 Å². The van der Waals surface area contributed by atoms with Gasteiger partial charge >= 0.3 is 5.97 Å². The maximum absolute atomic E-state index is 13.9. The molecule has 5 heteroatoms. The summed E-state index contributed by atoms with van der Waals surface area (Å²) in [5, 5.41) is 20.6. The molecular formula is C24H26FNO3. The van der Waals surface area contributed by atoms with Gasteiger partial charge < -0.3 is 14.8 Å². The number of hydrogen-bond donors (Lipinski definition) is 2. The first-order chi connectivity index (χ1) is 13.6. The molecule has 4 rings (SSSR count). The van der Waals surface area contributed by atoms with E-state index in [1.165, 1.54) is 6.07 Å². The molecule has 0 radical (unpaired) electrons. The van der Waals surface area contributed by atoms with Gasteiger partial charge in [-0.2, -0.15) is 0 Å². The molecule has 1 heterocycles. The average Bonchev–Trinajstić information content (AvgIpc) is 2.95. The lowest BCUT2D eigenvalue weighted by molar-refractivity contribution is -0.154. The number of phenols is 1. The molecule has 1 aliphatic rings. The molecule has 0 amide bonds. The molecule has 0 unspecified atom stereocenters. The molecule has 152 valence electrons. The van der Waals surface area contributed by atoms with Gasteiger partial charge in [0, 0.05) is 16.8 Å². The van der Waals surface area contributed by atoms with Crippen LogP contribution in [0.15, 0.2) is 36.4 Å². The lowest BCUT2D eigenvalue weighted by atomic mass is 9.60. The van der Waals surface area contributed by atoms with Gasteiger partial charge in [-0.3, -0.25) is 4.79 Å². The van der Waals surface area contributed by atoms with Crippen LogP contribution < -0.4 is 0 Å². The molecule has 1 aliphatic carbocycles. The summed E-state index contributed by atoms with van der Waals surface area (Å²) >= 11 is 0. The van der Waals surface area contributed by atoms with Crippen molar-refractivity contribution in [1.82, 2.24) is 4.57 Å². The molecular weight excluding hydrogens is 369 g/mol. The Bertz CT molecular complexity index is 1120. The van der Waals surface area contributed by atoms with Crippen LogP contribution in [0.25, 0.3) is 16.6 Å². The van der Waals surface area contributed by atoms with Gasteiger partial charge in [0.1, 0.15) is 11.6 Å². The highest BCUT2D eigenvalue weighted by atomic mass is 19.1. The Kier molecular flexibility index (Phi) is 4.45. The number of nitrogens with zero attached hydrogens (tertiary/aromatic N) is 1. The van der Waals surface area contributed by atoms with Crippen molar-refractivity contribution in [3.05, 3.63) is 59.0 Å². The molecule has 2 aromatic carbocycles. The molecule has 2 N–H and O–H groups in total. The van der Waals surface area contributed by atoms with Crippen molar-refractivity contribution in [2.75, 3.05) is 0 Å². The van der Waals surface area contributed by atoms with Crippen LogP contribution in [0.2, 0.25) is 0 Å². The molecule has 1 aromatic heterocycles. The third-order valence-electron chi connectivity index (χ3n) is 6.29. The monoisotopic (exact) mass is 395 g/mol. The first kappa shape index (κ1) is 19.5. The quantitative estimate of drug-likeness (QED) is 0.580. The van der Waals surface area contributed by atoms with Crippen molar-refractivity contribution in [3.8, 4) is 11.4 Å². The van der Waals surface area contributed by atoms with E-state index in [-0.39, 0.29) is 23.4 Å². The van der Waals surface area contributed by atoms with Crippen LogP contribution in [0.4, 0.5) is 4.39 Å². The van der Waals surface area contributed by atoms with Gasteiger partial charge in [0.15, 0.2) is 0 Å². The number of fused-ring (bicyclic) bond motifs is 1. The fourth-order valence-corrected chi connectivity index (χ4v) is 4.77. The molecule has 29 heavy (non-hydrogen) atoms. The second-order valence-electron chi connectivity index (χ2n) is 8.89. The molecule has 0 spiro atoms. The van der Waals surface area contributed by atoms with E-state index in [1.807, 2.05) is 12.1 Å². The van der Waals surface area contributed by atoms with Crippen LogP contribution in [-0.2, 0) is 4.79 Å². The van der Waals surface area contributed by atoms with Crippen LogP contribution in [0.3, 0.4) is 0 Å². The van der Waals surface area contributed by atoms with E-state index < -0.39 is 11.4 Å². The van der Waals surface area contributed by atoms with Gasteiger partial charge in [0.05, 0.1) is 10.9 Å². The number of rotatable bonds is 4.